The number of nitrogens with zero attached hydrogens (tertiary/aromatic N) is 5. The van der Waals surface area contributed by atoms with Gasteiger partial charge in [-0.2, -0.15) is 18.3 Å². The number of aromatic nitrogens is 2. The normalized spacial score (nSPS) is 16.7. The molecule has 2 heterocycles. The summed E-state index contributed by atoms with van der Waals surface area (Å²) < 4.78 is 40.6. The van der Waals surface area contributed by atoms with Gasteiger partial charge >= 0.3 is 6.18 Å². The van der Waals surface area contributed by atoms with Gasteiger partial charge in [0.1, 0.15) is 6.04 Å². The number of benzene rings is 1. The molecule has 1 aromatic carbocycles. The molecular formula is C21H30F3IN6. The van der Waals surface area contributed by atoms with Crippen LogP contribution >= 0.6 is 24.0 Å². The van der Waals surface area contributed by atoms with Gasteiger partial charge in [-0.05, 0) is 44.0 Å². The van der Waals surface area contributed by atoms with Gasteiger partial charge in [0.25, 0.3) is 0 Å². The zero-order chi connectivity index (χ0) is 21.6. The number of alkyl halides is 3. The zero-order valence-corrected chi connectivity index (χ0v) is 20.2. The minimum absolute atomic E-state index is 0. The van der Waals surface area contributed by atoms with Crippen molar-refractivity contribution in [2.45, 2.75) is 32.5 Å². The third-order valence-corrected chi connectivity index (χ3v) is 5.34. The first-order valence-corrected chi connectivity index (χ1v) is 10.3. The van der Waals surface area contributed by atoms with Crippen LogP contribution in [-0.2, 0) is 6.42 Å². The van der Waals surface area contributed by atoms with Crippen LogP contribution in [0, 0.1) is 0 Å². The van der Waals surface area contributed by atoms with Crippen molar-refractivity contribution >= 4 is 29.9 Å². The second-order valence-electron chi connectivity index (χ2n) is 7.34. The van der Waals surface area contributed by atoms with E-state index < -0.39 is 12.2 Å². The third-order valence-electron chi connectivity index (χ3n) is 5.34. The Balaban J connectivity index is 0.00000341. The fourth-order valence-corrected chi connectivity index (χ4v) is 3.48. The van der Waals surface area contributed by atoms with Gasteiger partial charge in [0.15, 0.2) is 5.96 Å². The summed E-state index contributed by atoms with van der Waals surface area (Å²) in [5.74, 6) is 0.768. The van der Waals surface area contributed by atoms with Crippen LogP contribution in [-0.4, -0.2) is 77.0 Å². The number of halogens is 4. The molecule has 1 saturated heterocycles. The molecule has 0 radical (unpaired) electrons. The van der Waals surface area contributed by atoms with Gasteiger partial charge in [0, 0.05) is 51.7 Å². The quantitative estimate of drug-likeness (QED) is 0.340. The maximum atomic E-state index is 12.9. The van der Waals surface area contributed by atoms with Gasteiger partial charge in [-0.1, -0.05) is 12.1 Å². The standard InChI is InChI=1S/C21H29F3N6.HI/c1-3-25-20(29-15-13-28(14-16-29)17(2)21(22,23)24)26-11-9-18-5-7-19(8-6-18)30-12-4-10-27-30;/h4-8,10,12,17H,3,9,11,13-16H2,1-2H3,(H,25,26);1H. The molecule has 172 valence electrons. The second kappa shape index (κ2) is 11.7. The summed E-state index contributed by atoms with van der Waals surface area (Å²) in [4.78, 5) is 8.23. The van der Waals surface area contributed by atoms with E-state index in [1.165, 1.54) is 17.4 Å². The van der Waals surface area contributed by atoms with E-state index in [1.807, 2.05) is 40.9 Å². The van der Waals surface area contributed by atoms with Crippen LogP contribution in [0.4, 0.5) is 13.2 Å². The Morgan fingerprint density at radius 2 is 1.84 bits per heavy atom. The largest absolute Gasteiger partial charge is 0.403 e. The van der Waals surface area contributed by atoms with Crippen LogP contribution in [0.25, 0.3) is 5.69 Å². The summed E-state index contributed by atoms with van der Waals surface area (Å²) in [7, 11) is 0. The lowest BCUT2D eigenvalue weighted by Crippen LogP contribution is -2.56. The number of hydrogen-bond donors (Lipinski definition) is 1. The van der Waals surface area contributed by atoms with E-state index in [0.29, 0.717) is 32.7 Å². The Morgan fingerprint density at radius 1 is 1.16 bits per heavy atom. The molecule has 2 aromatic rings. The molecule has 1 aromatic heterocycles. The molecule has 1 N–H and O–H groups in total. The number of aliphatic imine (C=N–C) groups is 1. The molecule has 0 amide bonds. The van der Waals surface area contributed by atoms with Gasteiger partial charge in [0.05, 0.1) is 5.69 Å². The molecule has 10 heteroatoms. The number of nitrogens with one attached hydrogen (secondary N) is 1. The average Bonchev–Trinajstić information content (AvgIpc) is 3.27. The molecular weight excluding hydrogens is 520 g/mol. The molecule has 6 nitrogen and oxygen atoms in total. The minimum atomic E-state index is -4.19. The Labute approximate surface area is 198 Å². The van der Waals surface area contributed by atoms with Gasteiger partial charge < -0.3 is 10.2 Å². The van der Waals surface area contributed by atoms with Crippen molar-refractivity contribution in [3.05, 3.63) is 48.3 Å². The van der Waals surface area contributed by atoms with Crippen molar-refractivity contribution in [1.29, 1.82) is 0 Å². The lowest BCUT2D eigenvalue weighted by atomic mass is 10.1. The highest BCUT2D eigenvalue weighted by Crippen LogP contribution is 2.25. The van der Waals surface area contributed by atoms with E-state index in [-0.39, 0.29) is 24.0 Å². The number of guanidine groups is 1. The van der Waals surface area contributed by atoms with Crippen LogP contribution < -0.4 is 5.32 Å². The predicted molar refractivity (Wildman–Crippen MR) is 127 cm³/mol. The van der Waals surface area contributed by atoms with Crippen molar-refractivity contribution in [2.24, 2.45) is 4.99 Å². The summed E-state index contributed by atoms with van der Waals surface area (Å²) in [6.07, 6.45) is 0.249. The van der Waals surface area contributed by atoms with Gasteiger partial charge in [-0.15, -0.1) is 24.0 Å². The molecule has 0 saturated carbocycles. The van der Waals surface area contributed by atoms with Crippen LogP contribution in [0.3, 0.4) is 0 Å². The molecule has 0 bridgehead atoms. The van der Waals surface area contributed by atoms with E-state index in [4.69, 9.17) is 4.99 Å². The highest BCUT2D eigenvalue weighted by molar-refractivity contribution is 14.0. The minimum Gasteiger partial charge on any atom is -0.357 e. The molecule has 1 aliphatic heterocycles. The van der Waals surface area contributed by atoms with Crippen LogP contribution in [0.2, 0.25) is 0 Å². The zero-order valence-electron chi connectivity index (χ0n) is 17.8. The van der Waals surface area contributed by atoms with Crippen LogP contribution in [0.15, 0.2) is 47.7 Å². The Kier molecular flexibility index (Phi) is 9.60. The first-order valence-electron chi connectivity index (χ1n) is 10.3. The Morgan fingerprint density at radius 3 is 2.39 bits per heavy atom. The van der Waals surface area contributed by atoms with E-state index >= 15 is 0 Å². The summed E-state index contributed by atoms with van der Waals surface area (Å²) in [5.41, 5.74) is 2.18. The Bertz CT molecular complexity index is 800. The predicted octanol–water partition coefficient (Wildman–Crippen LogP) is 3.57. The summed E-state index contributed by atoms with van der Waals surface area (Å²) in [6, 6.07) is 8.65. The molecule has 1 atom stereocenters. The smallest absolute Gasteiger partial charge is 0.357 e. The second-order valence-corrected chi connectivity index (χ2v) is 7.34. The van der Waals surface area contributed by atoms with Crippen LogP contribution in [0.5, 0.6) is 0 Å². The van der Waals surface area contributed by atoms with Crippen molar-refractivity contribution in [3.63, 3.8) is 0 Å². The monoisotopic (exact) mass is 550 g/mol. The van der Waals surface area contributed by atoms with Gasteiger partial charge in [0.2, 0.25) is 0 Å². The Hall–Kier alpha value is -1.82. The highest BCUT2D eigenvalue weighted by Gasteiger charge is 2.41. The summed E-state index contributed by atoms with van der Waals surface area (Å²) in [5, 5.41) is 7.48. The number of piperazine rings is 1. The molecule has 1 unspecified atom stereocenters. The van der Waals surface area contributed by atoms with Crippen molar-refractivity contribution in [3.8, 4) is 5.69 Å². The average molecular weight is 550 g/mol. The molecule has 1 aliphatic rings. The van der Waals surface area contributed by atoms with Crippen LogP contribution in [0.1, 0.15) is 19.4 Å². The van der Waals surface area contributed by atoms with E-state index in [0.717, 1.165) is 24.6 Å². The fourth-order valence-electron chi connectivity index (χ4n) is 3.48. The highest BCUT2D eigenvalue weighted by atomic mass is 127. The summed E-state index contributed by atoms with van der Waals surface area (Å²) in [6.45, 7) is 6.37. The van der Waals surface area contributed by atoms with E-state index in [9.17, 15) is 13.2 Å². The lowest BCUT2D eigenvalue weighted by molar-refractivity contribution is -0.181. The SMILES string of the molecule is CCNC(=NCCc1ccc(-n2cccn2)cc1)N1CCN(C(C)C(F)(F)F)CC1.I. The number of rotatable bonds is 6. The first kappa shape index (κ1) is 25.4. The van der Waals surface area contributed by atoms with Crippen molar-refractivity contribution < 1.29 is 13.2 Å². The van der Waals surface area contributed by atoms with Gasteiger partial charge in [-0.3, -0.25) is 9.89 Å². The molecule has 0 aliphatic carbocycles. The number of hydrogen-bond acceptors (Lipinski definition) is 3. The molecule has 3 rings (SSSR count). The molecule has 0 spiro atoms. The molecule has 1 fully saturated rings. The third kappa shape index (κ3) is 7.09. The van der Waals surface area contributed by atoms with Crippen molar-refractivity contribution in [1.82, 2.24) is 24.9 Å². The van der Waals surface area contributed by atoms with Crippen molar-refractivity contribution in [2.75, 3.05) is 39.3 Å². The summed E-state index contributed by atoms with van der Waals surface area (Å²) >= 11 is 0. The van der Waals surface area contributed by atoms with E-state index in [1.54, 1.807) is 6.20 Å². The maximum absolute atomic E-state index is 12.9. The topological polar surface area (TPSA) is 48.7 Å². The van der Waals surface area contributed by atoms with Gasteiger partial charge in [-0.25, -0.2) is 4.68 Å². The maximum Gasteiger partial charge on any atom is 0.403 e. The van der Waals surface area contributed by atoms with E-state index in [2.05, 4.69) is 22.5 Å². The fraction of sp³-hybridized carbons (Fsp3) is 0.524. The molecule has 31 heavy (non-hydrogen) atoms. The first-order chi connectivity index (χ1) is 14.4. The lowest BCUT2D eigenvalue weighted by Gasteiger charge is -2.39.